The molecule has 1 aliphatic rings. The zero-order valence-corrected chi connectivity index (χ0v) is 12.9. The Morgan fingerprint density at radius 2 is 2.23 bits per heavy atom. The SMILES string of the molecule is COCC(C)NC(N)=NCc1ccc(N2CCOC2=O)cc1. The van der Waals surface area contributed by atoms with Crippen molar-refractivity contribution in [2.24, 2.45) is 10.7 Å². The maximum Gasteiger partial charge on any atom is 0.414 e. The summed E-state index contributed by atoms with van der Waals surface area (Å²) in [6.07, 6.45) is -0.300. The summed E-state index contributed by atoms with van der Waals surface area (Å²) < 4.78 is 9.94. The van der Waals surface area contributed by atoms with Crippen LogP contribution in [0.25, 0.3) is 0 Å². The van der Waals surface area contributed by atoms with Gasteiger partial charge in [-0.2, -0.15) is 0 Å². The summed E-state index contributed by atoms with van der Waals surface area (Å²) in [6, 6.07) is 7.73. The maximum absolute atomic E-state index is 11.5. The molecule has 1 fully saturated rings. The molecule has 1 atom stereocenters. The zero-order chi connectivity index (χ0) is 15.9. The van der Waals surface area contributed by atoms with Gasteiger partial charge in [0, 0.05) is 18.8 Å². The maximum atomic E-state index is 11.5. The van der Waals surface area contributed by atoms with Gasteiger partial charge in [-0.3, -0.25) is 4.90 Å². The second-order valence-electron chi connectivity index (χ2n) is 5.13. The number of aliphatic imine (C=N–C) groups is 1. The summed E-state index contributed by atoms with van der Waals surface area (Å²) in [7, 11) is 1.64. The van der Waals surface area contributed by atoms with Gasteiger partial charge < -0.3 is 20.5 Å². The van der Waals surface area contributed by atoms with Crippen LogP contribution in [0, 0.1) is 0 Å². The van der Waals surface area contributed by atoms with Crippen molar-refractivity contribution in [3.8, 4) is 0 Å². The van der Waals surface area contributed by atoms with Gasteiger partial charge in [-0.05, 0) is 24.6 Å². The van der Waals surface area contributed by atoms with Gasteiger partial charge in [-0.15, -0.1) is 0 Å². The highest BCUT2D eigenvalue weighted by Crippen LogP contribution is 2.19. The van der Waals surface area contributed by atoms with E-state index in [1.807, 2.05) is 31.2 Å². The van der Waals surface area contributed by atoms with E-state index >= 15 is 0 Å². The Kier molecular flexibility index (Phi) is 5.60. The first-order valence-electron chi connectivity index (χ1n) is 7.18. The Morgan fingerprint density at radius 3 is 2.82 bits per heavy atom. The third-order valence-corrected chi connectivity index (χ3v) is 3.25. The number of guanidine groups is 1. The second kappa shape index (κ2) is 7.65. The average molecular weight is 306 g/mol. The van der Waals surface area contributed by atoms with E-state index in [1.54, 1.807) is 12.0 Å². The summed E-state index contributed by atoms with van der Waals surface area (Å²) in [6.45, 7) is 4.03. The minimum atomic E-state index is -0.300. The van der Waals surface area contributed by atoms with Crippen LogP contribution in [0.2, 0.25) is 0 Å². The molecule has 1 aliphatic heterocycles. The van der Waals surface area contributed by atoms with E-state index in [1.165, 1.54) is 0 Å². The summed E-state index contributed by atoms with van der Waals surface area (Å²) >= 11 is 0. The van der Waals surface area contributed by atoms with Crippen LogP contribution >= 0.6 is 0 Å². The number of nitrogens with two attached hydrogens (primary N) is 1. The lowest BCUT2D eigenvalue weighted by Gasteiger charge is -2.14. The van der Waals surface area contributed by atoms with E-state index in [0.717, 1.165) is 11.3 Å². The Balaban J connectivity index is 1.89. The number of ether oxygens (including phenoxy) is 2. The number of amides is 1. The van der Waals surface area contributed by atoms with Gasteiger partial charge in [0.25, 0.3) is 0 Å². The first-order chi connectivity index (χ1) is 10.6. The molecule has 0 radical (unpaired) electrons. The third kappa shape index (κ3) is 4.36. The standard InChI is InChI=1S/C15H22N4O3/c1-11(10-21-2)18-14(16)17-9-12-3-5-13(6-4-12)19-7-8-22-15(19)20/h3-6,11H,7-10H2,1-2H3,(H3,16,17,18). The summed E-state index contributed by atoms with van der Waals surface area (Å²) in [5.41, 5.74) is 7.66. The third-order valence-electron chi connectivity index (χ3n) is 3.25. The molecule has 1 aromatic carbocycles. The largest absolute Gasteiger partial charge is 0.447 e. The molecule has 0 aliphatic carbocycles. The highest BCUT2D eigenvalue weighted by molar-refractivity contribution is 5.89. The Bertz CT molecular complexity index is 530. The molecule has 0 bridgehead atoms. The van der Waals surface area contributed by atoms with Gasteiger partial charge in [0.05, 0.1) is 19.7 Å². The van der Waals surface area contributed by atoms with Crippen LogP contribution in [0.5, 0.6) is 0 Å². The number of anilines is 1. The molecular weight excluding hydrogens is 284 g/mol. The highest BCUT2D eigenvalue weighted by Gasteiger charge is 2.23. The summed E-state index contributed by atoms with van der Waals surface area (Å²) in [4.78, 5) is 17.4. The summed E-state index contributed by atoms with van der Waals surface area (Å²) in [5.74, 6) is 0.386. The molecule has 1 saturated heterocycles. The minimum Gasteiger partial charge on any atom is -0.447 e. The molecule has 7 heteroatoms. The topological polar surface area (TPSA) is 89.2 Å². The van der Waals surface area contributed by atoms with Crippen LogP contribution < -0.4 is 16.0 Å². The van der Waals surface area contributed by atoms with Gasteiger partial charge in [-0.1, -0.05) is 12.1 Å². The first kappa shape index (κ1) is 16.1. The average Bonchev–Trinajstić information content (AvgIpc) is 2.92. The molecule has 22 heavy (non-hydrogen) atoms. The van der Waals surface area contributed by atoms with E-state index in [2.05, 4.69) is 10.3 Å². The van der Waals surface area contributed by atoms with Gasteiger partial charge >= 0.3 is 6.09 Å². The molecule has 1 aromatic rings. The van der Waals surface area contributed by atoms with Crippen LogP contribution in [0.1, 0.15) is 12.5 Å². The number of nitrogens with one attached hydrogen (secondary N) is 1. The zero-order valence-electron chi connectivity index (χ0n) is 12.9. The lowest BCUT2D eigenvalue weighted by molar-refractivity contribution is 0.179. The van der Waals surface area contributed by atoms with Crippen LogP contribution in [0.15, 0.2) is 29.3 Å². The molecular formula is C15H22N4O3. The molecule has 0 spiro atoms. The lowest BCUT2D eigenvalue weighted by atomic mass is 10.2. The number of carbonyl (C=O) groups excluding carboxylic acids is 1. The Hall–Kier alpha value is -2.28. The van der Waals surface area contributed by atoms with Crippen molar-refractivity contribution < 1.29 is 14.3 Å². The fourth-order valence-corrected chi connectivity index (χ4v) is 2.18. The van der Waals surface area contributed by atoms with Crippen molar-refractivity contribution in [3.63, 3.8) is 0 Å². The van der Waals surface area contributed by atoms with Gasteiger partial charge in [0.1, 0.15) is 6.61 Å². The van der Waals surface area contributed by atoms with Gasteiger partial charge in [-0.25, -0.2) is 9.79 Å². The van der Waals surface area contributed by atoms with E-state index < -0.39 is 0 Å². The van der Waals surface area contributed by atoms with E-state index in [9.17, 15) is 4.79 Å². The minimum absolute atomic E-state index is 0.109. The van der Waals surface area contributed by atoms with E-state index in [-0.39, 0.29) is 12.1 Å². The van der Waals surface area contributed by atoms with Gasteiger partial charge in [0.2, 0.25) is 0 Å². The molecule has 1 heterocycles. The molecule has 1 unspecified atom stereocenters. The molecule has 2 rings (SSSR count). The Morgan fingerprint density at radius 1 is 1.50 bits per heavy atom. The van der Waals surface area contributed by atoms with E-state index in [0.29, 0.717) is 32.3 Å². The number of hydrogen-bond donors (Lipinski definition) is 2. The number of nitrogens with zero attached hydrogens (tertiary/aromatic N) is 2. The molecule has 7 nitrogen and oxygen atoms in total. The van der Waals surface area contributed by atoms with Crippen LogP contribution in [0.4, 0.5) is 10.5 Å². The van der Waals surface area contributed by atoms with Crippen molar-refractivity contribution in [1.82, 2.24) is 5.32 Å². The van der Waals surface area contributed by atoms with Crippen molar-refractivity contribution in [2.75, 3.05) is 31.8 Å². The molecule has 1 amide bonds. The first-order valence-corrected chi connectivity index (χ1v) is 7.18. The smallest absolute Gasteiger partial charge is 0.414 e. The van der Waals surface area contributed by atoms with Crippen molar-refractivity contribution in [2.45, 2.75) is 19.5 Å². The van der Waals surface area contributed by atoms with Gasteiger partial charge in [0.15, 0.2) is 5.96 Å². The Labute approximate surface area is 130 Å². The van der Waals surface area contributed by atoms with Crippen molar-refractivity contribution in [3.05, 3.63) is 29.8 Å². The fourth-order valence-electron chi connectivity index (χ4n) is 2.18. The van der Waals surface area contributed by atoms with E-state index in [4.69, 9.17) is 15.2 Å². The normalized spacial score (nSPS) is 16.5. The quantitative estimate of drug-likeness (QED) is 0.606. The lowest BCUT2D eigenvalue weighted by Crippen LogP contribution is -2.40. The molecule has 3 N–H and O–H groups in total. The molecule has 0 saturated carbocycles. The van der Waals surface area contributed by atoms with Crippen molar-refractivity contribution in [1.29, 1.82) is 0 Å². The van der Waals surface area contributed by atoms with Crippen LogP contribution in [0.3, 0.4) is 0 Å². The monoisotopic (exact) mass is 306 g/mol. The predicted molar refractivity (Wildman–Crippen MR) is 84.9 cm³/mol. The molecule has 120 valence electrons. The number of methoxy groups -OCH3 is 1. The highest BCUT2D eigenvalue weighted by atomic mass is 16.6. The fraction of sp³-hybridized carbons (Fsp3) is 0.467. The number of hydrogen-bond acceptors (Lipinski definition) is 4. The number of benzene rings is 1. The second-order valence-corrected chi connectivity index (χ2v) is 5.13. The number of cyclic esters (lactones) is 1. The number of rotatable bonds is 6. The van der Waals surface area contributed by atoms with Crippen LogP contribution in [-0.4, -0.2) is 45.0 Å². The van der Waals surface area contributed by atoms with Crippen molar-refractivity contribution >= 4 is 17.7 Å². The number of carbonyl (C=O) groups is 1. The predicted octanol–water partition coefficient (Wildman–Crippen LogP) is 1.08. The summed E-state index contributed by atoms with van der Waals surface area (Å²) in [5, 5.41) is 3.05. The van der Waals surface area contributed by atoms with Crippen LogP contribution in [-0.2, 0) is 16.0 Å². The molecule has 0 aromatic heterocycles.